The molecule has 2 rings (SSSR count). The van der Waals surface area contributed by atoms with Crippen molar-refractivity contribution >= 4 is 17.6 Å². The van der Waals surface area contributed by atoms with Gasteiger partial charge in [0.25, 0.3) is 0 Å². The van der Waals surface area contributed by atoms with E-state index in [9.17, 15) is 15.0 Å². The van der Waals surface area contributed by atoms with Crippen LogP contribution in [0.4, 0.5) is 0 Å². The number of aliphatic carboxylic acids is 1. The highest BCUT2D eigenvalue weighted by Crippen LogP contribution is 2.22. The summed E-state index contributed by atoms with van der Waals surface area (Å²) in [7, 11) is 0. The molecule has 0 aliphatic heterocycles. The monoisotopic (exact) mass is 268 g/mol. The molecule has 0 spiro atoms. The third-order valence-electron chi connectivity index (χ3n) is 2.96. The zero-order chi connectivity index (χ0) is 14.7. The molecule has 0 amide bonds. The average Bonchev–Trinajstić information content (AvgIpc) is 2.36. The topological polar surface area (TPSA) is 57.5 Å². The summed E-state index contributed by atoms with van der Waals surface area (Å²) >= 11 is 0. The second-order valence-corrected chi connectivity index (χ2v) is 4.83. The average molecular weight is 268 g/mol. The van der Waals surface area contributed by atoms with Gasteiger partial charge in [-0.05, 0) is 43.2 Å². The van der Waals surface area contributed by atoms with Gasteiger partial charge in [-0.2, -0.15) is 0 Å². The van der Waals surface area contributed by atoms with Gasteiger partial charge in [-0.3, -0.25) is 0 Å². The molecule has 0 fully saturated rings. The van der Waals surface area contributed by atoms with Crippen LogP contribution < -0.4 is 0 Å². The molecule has 3 nitrogen and oxygen atoms in total. The number of hydrogen-bond acceptors (Lipinski definition) is 2. The number of rotatable bonds is 3. The number of aromatic hydroxyl groups is 1. The van der Waals surface area contributed by atoms with Crippen molar-refractivity contribution < 1.29 is 15.0 Å². The van der Waals surface area contributed by atoms with E-state index >= 15 is 0 Å². The first-order valence-corrected chi connectivity index (χ1v) is 6.28. The summed E-state index contributed by atoms with van der Waals surface area (Å²) in [6.07, 6.45) is 1.65. The molecule has 0 aliphatic carbocycles. The summed E-state index contributed by atoms with van der Waals surface area (Å²) < 4.78 is 0. The van der Waals surface area contributed by atoms with E-state index in [1.807, 2.05) is 32.0 Å². The van der Waals surface area contributed by atoms with Gasteiger partial charge in [0.1, 0.15) is 5.75 Å². The minimum Gasteiger partial charge on any atom is -0.508 e. The van der Waals surface area contributed by atoms with Crippen molar-refractivity contribution in [3.05, 3.63) is 64.7 Å². The van der Waals surface area contributed by atoms with Crippen LogP contribution in [0.15, 0.2) is 42.5 Å². The molecule has 102 valence electrons. The maximum Gasteiger partial charge on any atom is 0.336 e. The van der Waals surface area contributed by atoms with Crippen LogP contribution in [-0.2, 0) is 4.79 Å². The van der Waals surface area contributed by atoms with Gasteiger partial charge >= 0.3 is 5.97 Å². The molecule has 0 heterocycles. The lowest BCUT2D eigenvalue weighted by molar-refractivity contribution is -0.130. The van der Waals surface area contributed by atoms with Gasteiger partial charge in [-0.15, -0.1) is 0 Å². The second-order valence-electron chi connectivity index (χ2n) is 4.83. The lowest BCUT2D eigenvalue weighted by Gasteiger charge is -2.05. The molecular weight excluding hydrogens is 252 g/mol. The Labute approximate surface area is 117 Å². The lowest BCUT2D eigenvalue weighted by atomic mass is 10.0. The molecule has 3 heteroatoms. The zero-order valence-electron chi connectivity index (χ0n) is 11.4. The van der Waals surface area contributed by atoms with Crippen LogP contribution in [0.3, 0.4) is 0 Å². The van der Waals surface area contributed by atoms with Gasteiger partial charge in [0.15, 0.2) is 0 Å². The Morgan fingerprint density at radius 1 is 1.00 bits per heavy atom. The molecule has 0 aliphatic rings. The van der Waals surface area contributed by atoms with Crippen molar-refractivity contribution in [1.29, 1.82) is 0 Å². The third kappa shape index (κ3) is 3.26. The van der Waals surface area contributed by atoms with Crippen LogP contribution >= 0.6 is 0 Å². The van der Waals surface area contributed by atoms with E-state index in [4.69, 9.17) is 0 Å². The van der Waals surface area contributed by atoms with Gasteiger partial charge in [-0.25, -0.2) is 4.79 Å². The van der Waals surface area contributed by atoms with E-state index in [-0.39, 0.29) is 11.3 Å². The Kier molecular flexibility index (Phi) is 3.89. The van der Waals surface area contributed by atoms with Gasteiger partial charge in [0, 0.05) is 0 Å². The van der Waals surface area contributed by atoms with Crippen molar-refractivity contribution in [3.63, 3.8) is 0 Å². The third-order valence-corrected chi connectivity index (χ3v) is 2.96. The number of carboxylic acids is 1. The number of carbonyl (C=O) groups is 1. The van der Waals surface area contributed by atoms with Gasteiger partial charge in [0.05, 0.1) is 5.57 Å². The minimum atomic E-state index is -0.991. The molecule has 0 bridgehead atoms. The minimum absolute atomic E-state index is 0.116. The standard InChI is InChI=1S/C17H16O3/c1-11-7-12(2)9-13(8-11)10-16(17(19)20)14-3-5-15(18)6-4-14/h3-10,18H,1-2H3,(H,19,20)/b16-10-. The smallest absolute Gasteiger partial charge is 0.336 e. The van der Waals surface area contributed by atoms with Gasteiger partial charge in [-0.1, -0.05) is 41.5 Å². The molecular formula is C17H16O3. The molecule has 2 aromatic rings. The Balaban J connectivity index is 2.50. The van der Waals surface area contributed by atoms with Gasteiger partial charge in [0.2, 0.25) is 0 Å². The summed E-state index contributed by atoms with van der Waals surface area (Å²) in [4.78, 5) is 11.4. The van der Waals surface area contributed by atoms with Crippen LogP contribution in [0.1, 0.15) is 22.3 Å². The quantitative estimate of drug-likeness (QED) is 0.660. The molecule has 20 heavy (non-hydrogen) atoms. The summed E-state index contributed by atoms with van der Waals surface area (Å²) in [5.41, 5.74) is 3.80. The molecule has 0 saturated carbocycles. The number of phenolic OH excluding ortho intramolecular Hbond substituents is 1. The fourth-order valence-corrected chi connectivity index (χ4v) is 2.17. The first kappa shape index (κ1) is 13.9. The zero-order valence-corrected chi connectivity index (χ0v) is 11.4. The van der Waals surface area contributed by atoms with Crippen LogP contribution in [0, 0.1) is 13.8 Å². The largest absolute Gasteiger partial charge is 0.508 e. The number of phenols is 1. The van der Waals surface area contributed by atoms with Crippen molar-refractivity contribution in [2.24, 2.45) is 0 Å². The van der Waals surface area contributed by atoms with Crippen LogP contribution in [0.5, 0.6) is 5.75 Å². The van der Waals surface area contributed by atoms with Crippen LogP contribution in [0.2, 0.25) is 0 Å². The molecule has 0 radical (unpaired) electrons. The number of carboxylic acid groups (broad SMARTS) is 1. The number of aryl methyl sites for hydroxylation is 2. The molecule has 0 aromatic heterocycles. The fraction of sp³-hybridized carbons (Fsp3) is 0.118. The Morgan fingerprint density at radius 3 is 2.05 bits per heavy atom. The highest BCUT2D eigenvalue weighted by molar-refractivity contribution is 6.20. The molecule has 2 N–H and O–H groups in total. The highest BCUT2D eigenvalue weighted by atomic mass is 16.4. The number of hydrogen-bond donors (Lipinski definition) is 2. The predicted molar refractivity (Wildman–Crippen MR) is 79.5 cm³/mol. The molecule has 0 atom stereocenters. The van der Waals surface area contributed by atoms with E-state index in [1.165, 1.54) is 12.1 Å². The van der Waals surface area contributed by atoms with E-state index < -0.39 is 5.97 Å². The first-order chi connectivity index (χ1) is 9.45. The van der Waals surface area contributed by atoms with Crippen LogP contribution in [0.25, 0.3) is 11.6 Å². The van der Waals surface area contributed by atoms with Crippen molar-refractivity contribution in [2.45, 2.75) is 13.8 Å². The van der Waals surface area contributed by atoms with E-state index in [0.29, 0.717) is 5.56 Å². The summed E-state index contributed by atoms with van der Waals surface area (Å²) in [5, 5.41) is 18.6. The Bertz CT molecular complexity index is 647. The van der Waals surface area contributed by atoms with Crippen molar-refractivity contribution in [1.82, 2.24) is 0 Å². The van der Waals surface area contributed by atoms with Crippen molar-refractivity contribution in [3.8, 4) is 5.75 Å². The van der Waals surface area contributed by atoms with Crippen molar-refractivity contribution in [2.75, 3.05) is 0 Å². The summed E-state index contributed by atoms with van der Waals surface area (Å²) in [5.74, 6) is -0.875. The SMILES string of the molecule is Cc1cc(C)cc(/C=C(\C(=O)O)c2ccc(O)cc2)c1. The van der Waals surface area contributed by atoms with Crippen LogP contribution in [-0.4, -0.2) is 16.2 Å². The Hall–Kier alpha value is -2.55. The fourth-order valence-electron chi connectivity index (χ4n) is 2.17. The number of benzene rings is 2. The summed E-state index contributed by atoms with van der Waals surface area (Å²) in [6, 6.07) is 12.1. The van der Waals surface area contributed by atoms with Gasteiger partial charge < -0.3 is 10.2 Å². The first-order valence-electron chi connectivity index (χ1n) is 6.28. The maximum atomic E-state index is 11.4. The molecule has 0 saturated heterocycles. The normalized spacial score (nSPS) is 11.4. The van der Waals surface area contributed by atoms with E-state index in [0.717, 1.165) is 16.7 Å². The Morgan fingerprint density at radius 2 is 1.55 bits per heavy atom. The lowest BCUT2D eigenvalue weighted by Crippen LogP contribution is -1.99. The molecule has 0 unspecified atom stereocenters. The molecule has 2 aromatic carbocycles. The summed E-state index contributed by atoms with van der Waals surface area (Å²) in [6.45, 7) is 3.96. The van der Waals surface area contributed by atoms with E-state index in [1.54, 1.807) is 18.2 Å². The second kappa shape index (κ2) is 5.61. The maximum absolute atomic E-state index is 11.4. The highest BCUT2D eigenvalue weighted by Gasteiger charge is 2.10. The predicted octanol–water partition coefficient (Wildman–Crippen LogP) is 3.63. The van der Waals surface area contributed by atoms with E-state index in [2.05, 4.69) is 0 Å².